The quantitative estimate of drug-likeness (QED) is 0.216. The predicted octanol–water partition coefficient (Wildman–Crippen LogP) is 7.32. The van der Waals surface area contributed by atoms with Crippen molar-refractivity contribution < 1.29 is 0 Å². The Labute approximate surface area is 217 Å². The van der Waals surface area contributed by atoms with Gasteiger partial charge in [-0.2, -0.15) is 0 Å². The van der Waals surface area contributed by atoms with Crippen LogP contribution in [0.1, 0.15) is 59.9 Å². The zero-order valence-corrected chi connectivity index (χ0v) is 21.7. The first kappa shape index (κ1) is 23.3. The van der Waals surface area contributed by atoms with E-state index in [0.717, 1.165) is 52.6 Å². The summed E-state index contributed by atoms with van der Waals surface area (Å²) >= 11 is 1.68. The molecule has 1 spiro atoms. The summed E-state index contributed by atoms with van der Waals surface area (Å²) in [5.41, 5.74) is 8.14. The molecule has 0 atom stereocenters. The summed E-state index contributed by atoms with van der Waals surface area (Å²) in [5, 5.41) is 0.813. The van der Waals surface area contributed by atoms with Crippen molar-refractivity contribution in [3.8, 4) is 11.3 Å². The Morgan fingerprint density at radius 2 is 1.61 bits per heavy atom. The molecule has 1 heterocycles. The fourth-order valence-corrected chi connectivity index (χ4v) is 7.22. The molecule has 4 heteroatoms. The van der Waals surface area contributed by atoms with Gasteiger partial charge in [0.05, 0.1) is 17.8 Å². The van der Waals surface area contributed by atoms with Gasteiger partial charge in [0.2, 0.25) is 0 Å². The molecule has 1 fully saturated rings. The van der Waals surface area contributed by atoms with Crippen molar-refractivity contribution in [1.29, 1.82) is 0 Å². The lowest BCUT2D eigenvalue weighted by molar-refractivity contribution is 0.282. The Hall–Kier alpha value is -3.11. The molecular weight excluding hydrogens is 460 g/mol. The van der Waals surface area contributed by atoms with Gasteiger partial charge in [-0.1, -0.05) is 110 Å². The van der Waals surface area contributed by atoms with E-state index >= 15 is 0 Å². The Kier molecular flexibility index (Phi) is 6.30. The number of aryl methyl sites for hydroxylation is 1. The molecule has 0 bridgehead atoms. The van der Waals surface area contributed by atoms with Gasteiger partial charge in [0.25, 0.3) is 5.56 Å². The number of nitrogens with zero attached hydrogens (tertiary/aromatic N) is 2. The molecule has 0 saturated heterocycles. The van der Waals surface area contributed by atoms with E-state index in [2.05, 4.69) is 67.6 Å². The molecule has 182 valence electrons. The third-order valence-corrected chi connectivity index (χ3v) is 9.10. The highest BCUT2D eigenvalue weighted by Crippen LogP contribution is 2.49. The van der Waals surface area contributed by atoms with E-state index in [4.69, 9.17) is 4.98 Å². The third kappa shape index (κ3) is 4.22. The van der Waals surface area contributed by atoms with Crippen LogP contribution in [-0.2, 0) is 24.1 Å². The Morgan fingerprint density at radius 1 is 0.889 bits per heavy atom. The first-order valence-electron chi connectivity index (χ1n) is 13.1. The summed E-state index contributed by atoms with van der Waals surface area (Å²) < 4.78 is 1.96. The maximum absolute atomic E-state index is 14.5. The number of hydrogen-bond donors (Lipinski definition) is 0. The van der Waals surface area contributed by atoms with Crippen LogP contribution in [-0.4, -0.2) is 9.55 Å². The number of rotatable bonds is 5. The summed E-state index contributed by atoms with van der Waals surface area (Å²) in [7, 11) is 0. The van der Waals surface area contributed by atoms with Crippen molar-refractivity contribution in [2.45, 2.75) is 68.3 Å². The average molecular weight is 493 g/mol. The Bertz CT molecular complexity index is 1450. The molecule has 6 rings (SSSR count). The van der Waals surface area contributed by atoms with Crippen LogP contribution in [0.15, 0.2) is 88.8 Å². The van der Waals surface area contributed by atoms with E-state index in [-0.39, 0.29) is 11.0 Å². The average Bonchev–Trinajstić information content (AvgIpc) is 2.91. The minimum Gasteiger partial charge on any atom is -0.283 e. The van der Waals surface area contributed by atoms with E-state index in [1.54, 1.807) is 11.8 Å². The summed E-state index contributed by atoms with van der Waals surface area (Å²) in [6.07, 6.45) is 6.73. The molecule has 1 saturated carbocycles. The molecule has 0 aliphatic heterocycles. The van der Waals surface area contributed by atoms with Gasteiger partial charge in [-0.05, 0) is 48.4 Å². The SMILES string of the molecule is Cc1ccccc1CSc1nc2c(c(=O)n1Cc1ccccc1)C1(CCCCC1)Cc1ccccc1-2. The molecule has 0 amide bonds. The van der Waals surface area contributed by atoms with Crippen molar-refractivity contribution >= 4 is 11.8 Å². The second kappa shape index (κ2) is 9.74. The highest BCUT2D eigenvalue weighted by molar-refractivity contribution is 7.98. The number of hydrogen-bond acceptors (Lipinski definition) is 3. The summed E-state index contributed by atoms with van der Waals surface area (Å²) in [5.74, 6) is 0.791. The molecule has 2 aliphatic carbocycles. The van der Waals surface area contributed by atoms with Crippen molar-refractivity contribution in [2.75, 3.05) is 0 Å². The van der Waals surface area contributed by atoms with E-state index < -0.39 is 0 Å². The lowest BCUT2D eigenvalue weighted by Crippen LogP contribution is -2.43. The number of benzene rings is 3. The van der Waals surface area contributed by atoms with E-state index in [1.807, 2.05) is 22.8 Å². The minimum atomic E-state index is -0.0936. The Morgan fingerprint density at radius 3 is 2.42 bits per heavy atom. The van der Waals surface area contributed by atoms with Crippen LogP contribution in [0.5, 0.6) is 0 Å². The van der Waals surface area contributed by atoms with E-state index in [1.165, 1.54) is 36.0 Å². The van der Waals surface area contributed by atoms with Crippen LogP contribution in [0.25, 0.3) is 11.3 Å². The number of aromatic nitrogens is 2. The monoisotopic (exact) mass is 492 g/mol. The second-order valence-corrected chi connectivity index (χ2v) is 11.3. The minimum absolute atomic E-state index is 0.0936. The van der Waals surface area contributed by atoms with Crippen LogP contribution >= 0.6 is 11.8 Å². The van der Waals surface area contributed by atoms with Gasteiger partial charge in [0, 0.05) is 16.7 Å². The standard InChI is InChI=1S/C32H32N2OS/c1-23-12-6-7-16-26(23)22-36-31-33-29-27-17-9-8-15-25(27)20-32(18-10-3-11-19-32)28(29)30(35)34(31)21-24-13-4-2-5-14-24/h2,4-9,12-17H,3,10-11,18-22H2,1H3. The topological polar surface area (TPSA) is 34.9 Å². The molecule has 0 unspecified atom stereocenters. The van der Waals surface area contributed by atoms with Gasteiger partial charge in [-0.15, -0.1) is 0 Å². The van der Waals surface area contributed by atoms with Crippen molar-refractivity contribution in [3.63, 3.8) is 0 Å². The van der Waals surface area contributed by atoms with Gasteiger partial charge in [-0.25, -0.2) is 4.98 Å². The molecule has 36 heavy (non-hydrogen) atoms. The van der Waals surface area contributed by atoms with Crippen LogP contribution in [0.4, 0.5) is 0 Å². The Balaban J connectivity index is 1.53. The molecule has 0 radical (unpaired) electrons. The summed E-state index contributed by atoms with van der Waals surface area (Å²) in [6, 6.07) is 27.4. The maximum Gasteiger partial charge on any atom is 0.258 e. The lowest BCUT2D eigenvalue weighted by atomic mass is 9.62. The lowest BCUT2D eigenvalue weighted by Gasteiger charge is -2.42. The molecule has 4 aromatic rings. The van der Waals surface area contributed by atoms with Crippen LogP contribution in [0.3, 0.4) is 0 Å². The zero-order chi connectivity index (χ0) is 24.5. The van der Waals surface area contributed by atoms with Crippen LogP contribution < -0.4 is 5.56 Å². The highest BCUT2D eigenvalue weighted by atomic mass is 32.2. The normalized spacial score (nSPS) is 15.9. The summed E-state index contributed by atoms with van der Waals surface area (Å²) in [6.45, 7) is 2.70. The smallest absolute Gasteiger partial charge is 0.258 e. The maximum atomic E-state index is 14.5. The number of thioether (sulfide) groups is 1. The molecular formula is C32H32N2OS. The van der Waals surface area contributed by atoms with Gasteiger partial charge in [0.1, 0.15) is 0 Å². The third-order valence-electron chi connectivity index (χ3n) is 8.08. The molecule has 3 nitrogen and oxygen atoms in total. The van der Waals surface area contributed by atoms with Crippen molar-refractivity contribution in [2.24, 2.45) is 0 Å². The van der Waals surface area contributed by atoms with Gasteiger partial charge >= 0.3 is 0 Å². The predicted molar refractivity (Wildman–Crippen MR) is 149 cm³/mol. The first-order chi connectivity index (χ1) is 17.6. The second-order valence-electron chi connectivity index (χ2n) is 10.4. The fourth-order valence-electron chi connectivity index (χ4n) is 6.15. The van der Waals surface area contributed by atoms with Gasteiger partial charge < -0.3 is 0 Å². The van der Waals surface area contributed by atoms with E-state index in [9.17, 15) is 4.79 Å². The number of fused-ring (bicyclic) bond motifs is 4. The largest absolute Gasteiger partial charge is 0.283 e. The van der Waals surface area contributed by atoms with Crippen molar-refractivity contribution in [3.05, 3.63) is 117 Å². The van der Waals surface area contributed by atoms with Crippen molar-refractivity contribution in [1.82, 2.24) is 9.55 Å². The molecule has 3 aromatic carbocycles. The zero-order valence-electron chi connectivity index (χ0n) is 20.9. The van der Waals surface area contributed by atoms with Gasteiger partial charge in [0.15, 0.2) is 5.16 Å². The summed E-state index contributed by atoms with van der Waals surface area (Å²) in [4.78, 5) is 19.8. The van der Waals surface area contributed by atoms with Crippen LogP contribution in [0.2, 0.25) is 0 Å². The fraction of sp³-hybridized carbons (Fsp3) is 0.312. The molecule has 2 aliphatic rings. The van der Waals surface area contributed by atoms with Gasteiger partial charge in [-0.3, -0.25) is 9.36 Å². The van der Waals surface area contributed by atoms with Crippen LogP contribution in [0, 0.1) is 6.92 Å². The first-order valence-corrected chi connectivity index (χ1v) is 14.1. The molecule has 1 aromatic heterocycles. The van der Waals surface area contributed by atoms with E-state index in [0.29, 0.717) is 6.54 Å². The molecule has 0 N–H and O–H groups in total. The highest BCUT2D eigenvalue weighted by Gasteiger charge is 2.43.